The van der Waals surface area contributed by atoms with Gasteiger partial charge in [0.2, 0.25) is 0 Å². The minimum atomic E-state index is -1.09. The number of dihydropyridines is 1. The number of ether oxygens (including phenoxy) is 3. The Hall–Kier alpha value is -4.07. The Labute approximate surface area is 242 Å². The number of methoxy groups -OCH3 is 1. The molecule has 2 aromatic rings. The molecule has 0 aromatic heterocycles. The van der Waals surface area contributed by atoms with Crippen LogP contribution in [0.4, 0.5) is 5.69 Å². The average molecular weight is 561 g/mol. The molecule has 41 heavy (non-hydrogen) atoms. The number of esters is 2. The van der Waals surface area contributed by atoms with E-state index in [9.17, 15) is 14.4 Å². The predicted molar refractivity (Wildman–Crippen MR) is 158 cm³/mol. The van der Waals surface area contributed by atoms with Gasteiger partial charge in [-0.1, -0.05) is 30.3 Å². The van der Waals surface area contributed by atoms with Crippen LogP contribution in [0.15, 0.2) is 71.1 Å². The van der Waals surface area contributed by atoms with Crippen molar-refractivity contribution in [2.45, 2.75) is 52.9 Å². The summed E-state index contributed by atoms with van der Waals surface area (Å²) >= 11 is 0. The summed E-state index contributed by atoms with van der Waals surface area (Å²) in [7, 11) is 1.57. The third kappa shape index (κ3) is 5.73. The van der Waals surface area contributed by atoms with Gasteiger partial charge in [0.05, 0.1) is 25.9 Å². The summed E-state index contributed by atoms with van der Waals surface area (Å²) in [5, 5.41) is 3.35. The normalized spacial score (nSPS) is 20.2. The SMILES string of the molecule is CCOC(=O)C1=C(C)NC2=C(C(=O)[C@H](C(=O)OCC)[C@@H](c3ccccc3OC)C2)[C@@H]1c1ccc(N(CC)CC)cc1. The fourth-order valence-electron chi connectivity index (χ4n) is 6.08. The molecule has 0 bridgehead atoms. The highest BCUT2D eigenvalue weighted by molar-refractivity contribution is 6.13. The number of benzene rings is 2. The van der Waals surface area contributed by atoms with Gasteiger partial charge in [0.25, 0.3) is 0 Å². The Balaban J connectivity index is 1.90. The van der Waals surface area contributed by atoms with Crippen LogP contribution in [0.3, 0.4) is 0 Å². The first-order valence-corrected chi connectivity index (χ1v) is 14.4. The zero-order valence-corrected chi connectivity index (χ0v) is 24.8. The third-order valence-electron chi connectivity index (χ3n) is 7.95. The maximum absolute atomic E-state index is 14.5. The molecule has 0 radical (unpaired) electrons. The first-order valence-electron chi connectivity index (χ1n) is 14.4. The summed E-state index contributed by atoms with van der Waals surface area (Å²) < 4.78 is 16.5. The minimum absolute atomic E-state index is 0.148. The monoisotopic (exact) mass is 560 g/mol. The lowest BCUT2D eigenvalue weighted by atomic mass is 9.67. The molecule has 1 heterocycles. The summed E-state index contributed by atoms with van der Waals surface area (Å²) in [4.78, 5) is 43.5. The molecular weight excluding hydrogens is 520 g/mol. The molecule has 2 aliphatic rings. The number of ketones is 1. The van der Waals surface area contributed by atoms with Crippen LogP contribution in [0.2, 0.25) is 0 Å². The van der Waals surface area contributed by atoms with E-state index >= 15 is 0 Å². The molecule has 218 valence electrons. The molecule has 0 saturated carbocycles. The Morgan fingerprint density at radius 1 is 0.951 bits per heavy atom. The number of nitrogens with one attached hydrogen (secondary N) is 1. The quantitative estimate of drug-likeness (QED) is 0.311. The third-order valence-corrected chi connectivity index (χ3v) is 7.95. The molecule has 0 unspecified atom stereocenters. The van der Waals surface area contributed by atoms with Crippen LogP contribution < -0.4 is 15.0 Å². The number of rotatable bonds is 10. The average Bonchev–Trinajstić information content (AvgIpc) is 2.97. The van der Waals surface area contributed by atoms with Crippen LogP contribution in [0.1, 0.15) is 64.0 Å². The summed E-state index contributed by atoms with van der Waals surface area (Å²) in [5.41, 5.74) is 4.68. The van der Waals surface area contributed by atoms with Crippen molar-refractivity contribution in [2.24, 2.45) is 5.92 Å². The van der Waals surface area contributed by atoms with E-state index in [1.807, 2.05) is 55.5 Å². The molecule has 0 saturated heterocycles. The number of nitrogens with zero attached hydrogens (tertiary/aromatic N) is 1. The fourth-order valence-corrected chi connectivity index (χ4v) is 6.08. The zero-order valence-electron chi connectivity index (χ0n) is 24.8. The molecule has 1 N–H and O–H groups in total. The van der Waals surface area contributed by atoms with E-state index in [-0.39, 0.29) is 19.0 Å². The van der Waals surface area contributed by atoms with Crippen molar-refractivity contribution in [3.05, 3.63) is 82.2 Å². The van der Waals surface area contributed by atoms with E-state index in [0.29, 0.717) is 34.7 Å². The Morgan fingerprint density at radius 3 is 2.22 bits per heavy atom. The van der Waals surface area contributed by atoms with Crippen molar-refractivity contribution >= 4 is 23.4 Å². The van der Waals surface area contributed by atoms with E-state index in [1.165, 1.54) is 0 Å². The zero-order chi connectivity index (χ0) is 29.7. The van der Waals surface area contributed by atoms with Gasteiger partial charge < -0.3 is 24.4 Å². The van der Waals surface area contributed by atoms with Gasteiger partial charge in [0.1, 0.15) is 11.7 Å². The number of hydrogen-bond acceptors (Lipinski definition) is 8. The van der Waals surface area contributed by atoms with Crippen molar-refractivity contribution in [1.82, 2.24) is 5.32 Å². The molecule has 8 heteroatoms. The van der Waals surface area contributed by atoms with Crippen LogP contribution in [0.5, 0.6) is 5.75 Å². The molecule has 8 nitrogen and oxygen atoms in total. The van der Waals surface area contributed by atoms with Crippen molar-refractivity contribution in [3.63, 3.8) is 0 Å². The van der Waals surface area contributed by atoms with Crippen LogP contribution in [-0.2, 0) is 23.9 Å². The number of Topliss-reactive ketones (excluding diaryl/α,β-unsaturated/α-hetero) is 1. The lowest BCUT2D eigenvalue weighted by molar-refractivity contribution is -0.152. The predicted octanol–water partition coefficient (Wildman–Crippen LogP) is 5.26. The molecule has 0 amide bonds. The van der Waals surface area contributed by atoms with Crippen LogP contribution in [0, 0.1) is 5.92 Å². The van der Waals surface area contributed by atoms with E-state index in [2.05, 4.69) is 24.1 Å². The van der Waals surface area contributed by atoms with Gasteiger partial charge in [-0.15, -0.1) is 0 Å². The van der Waals surface area contributed by atoms with Crippen LogP contribution in [-0.4, -0.2) is 51.1 Å². The Morgan fingerprint density at radius 2 is 1.61 bits per heavy atom. The van der Waals surface area contributed by atoms with Gasteiger partial charge in [-0.3, -0.25) is 9.59 Å². The fraction of sp³-hybridized carbons (Fsp3) is 0.424. The number of allylic oxidation sites excluding steroid dienone is 3. The summed E-state index contributed by atoms with van der Waals surface area (Å²) in [5.74, 6) is -3.13. The highest BCUT2D eigenvalue weighted by atomic mass is 16.5. The van der Waals surface area contributed by atoms with Crippen molar-refractivity contribution in [1.29, 1.82) is 0 Å². The van der Waals surface area contributed by atoms with E-state index in [4.69, 9.17) is 14.2 Å². The molecule has 1 aliphatic carbocycles. The minimum Gasteiger partial charge on any atom is -0.496 e. The van der Waals surface area contributed by atoms with Gasteiger partial charge in [-0.25, -0.2) is 4.79 Å². The Kier molecular flexibility index (Phi) is 9.53. The van der Waals surface area contributed by atoms with Crippen molar-refractivity contribution in [2.75, 3.05) is 38.3 Å². The highest BCUT2D eigenvalue weighted by Crippen LogP contribution is 2.49. The lowest BCUT2D eigenvalue weighted by Crippen LogP contribution is -2.43. The van der Waals surface area contributed by atoms with Gasteiger partial charge in [-0.05, 0) is 70.4 Å². The second kappa shape index (κ2) is 13.1. The summed E-state index contributed by atoms with van der Waals surface area (Å²) in [6.07, 6.45) is 0.367. The van der Waals surface area contributed by atoms with E-state index in [1.54, 1.807) is 21.0 Å². The standard InChI is InChI=1S/C33H40N2O6/c1-7-35(8-2)22-17-15-21(16-18-22)28-27(32(37)40-9-3)20(5)34-25-19-24(23-13-11-12-14-26(23)39-6)29(31(36)30(25)28)33(38)41-10-4/h11-18,24,28-29,34H,7-10,19H2,1-6H3/t24-,28-,29-/m1/s1. The molecule has 3 atom stereocenters. The Bertz CT molecular complexity index is 1360. The molecule has 0 fully saturated rings. The molecule has 2 aromatic carbocycles. The topological polar surface area (TPSA) is 94.2 Å². The van der Waals surface area contributed by atoms with Gasteiger partial charge in [-0.2, -0.15) is 0 Å². The smallest absolute Gasteiger partial charge is 0.336 e. The summed E-state index contributed by atoms with van der Waals surface area (Å²) in [6.45, 7) is 11.6. The molecule has 4 rings (SSSR count). The van der Waals surface area contributed by atoms with Gasteiger partial charge in [0.15, 0.2) is 5.78 Å². The number of anilines is 1. The molecular formula is C33H40N2O6. The second-order valence-electron chi connectivity index (χ2n) is 10.1. The number of carbonyl (C=O) groups excluding carboxylic acids is 3. The lowest BCUT2D eigenvalue weighted by Gasteiger charge is -2.39. The summed E-state index contributed by atoms with van der Waals surface area (Å²) in [6, 6.07) is 15.4. The van der Waals surface area contributed by atoms with E-state index < -0.39 is 29.7 Å². The first kappa shape index (κ1) is 29.9. The van der Waals surface area contributed by atoms with Gasteiger partial charge in [0, 0.05) is 47.6 Å². The molecule has 1 aliphatic heterocycles. The maximum atomic E-state index is 14.5. The first-order chi connectivity index (χ1) is 19.8. The largest absolute Gasteiger partial charge is 0.496 e. The number of para-hydroxylation sites is 1. The number of carbonyl (C=O) groups is 3. The van der Waals surface area contributed by atoms with Gasteiger partial charge >= 0.3 is 11.9 Å². The maximum Gasteiger partial charge on any atom is 0.336 e. The number of hydrogen-bond donors (Lipinski definition) is 1. The van der Waals surface area contributed by atoms with Crippen LogP contribution >= 0.6 is 0 Å². The van der Waals surface area contributed by atoms with Crippen molar-refractivity contribution < 1.29 is 28.6 Å². The van der Waals surface area contributed by atoms with E-state index in [0.717, 1.165) is 29.9 Å². The molecule has 0 spiro atoms. The van der Waals surface area contributed by atoms with Crippen LogP contribution in [0.25, 0.3) is 0 Å². The van der Waals surface area contributed by atoms with Crippen molar-refractivity contribution in [3.8, 4) is 5.75 Å². The highest BCUT2D eigenvalue weighted by Gasteiger charge is 2.49. The second-order valence-corrected chi connectivity index (χ2v) is 10.1.